The zero-order valence-electron chi connectivity index (χ0n) is 17.3. The Morgan fingerprint density at radius 3 is 2.45 bits per heavy atom. The molecule has 2 aromatic carbocycles. The number of para-hydroxylation sites is 1. The molecular formula is C23H20N4O3S. The van der Waals surface area contributed by atoms with Gasteiger partial charge in [-0.1, -0.05) is 29.5 Å². The Morgan fingerprint density at radius 2 is 1.74 bits per heavy atom. The summed E-state index contributed by atoms with van der Waals surface area (Å²) in [6.07, 6.45) is -0.0282. The number of nitrogens with zero attached hydrogens (tertiary/aromatic N) is 3. The minimum atomic E-state index is -0.812. The molecule has 31 heavy (non-hydrogen) atoms. The van der Waals surface area contributed by atoms with Crippen molar-refractivity contribution < 1.29 is 9.59 Å². The number of H-pyrrole nitrogens is 1. The predicted octanol–water partition coefficient (Wildman–Crippen LogP) is 3.75. The molecule has 0 bridgehead atoms. The molecule has 5 rings (SSSR count). The molecule has 7 nitrogen and oxygen atoms in total. The Bertz CT molecular complexity index is 1380. The fourth-order valence-electron chi connectivity index (χ4n) is 4.27. The van der Waals surface area contributed by atoms with Crippen LogP contribution in [0.3, 0.4) is 0 Å². The molecule has 2 aromatic heterocycles. The summed E-state index contributed by atoms with van der Waals surface area (Å²) in [6, 6.07) is 13.3. The molecule has 1 saturated heterocycles. The number of aromatic nitrogens is 3. The van der Waals surface area contributed by atoms with Crippen LogP contribution in [0.25, 0.3) is 15.3 Å². The van der Waals surface area contributed by atoms with Crippen LogP contribution >= 0.6 is 11.3 Å². The normalized spacial score (nSPS) is 16.6. The molecule has 4 aromatic rings. The average molecular weight is 433 g/mol. The van der Waals surface area contributed by atoms with Gasteiger partial charge in [0.1, 0.15) is 0 Å². The Morgan fingerprint density at radius 1 is 1.03 bits per heavy atom. The topological polar surface area (TPSA) is 88.1 Å². The first kappa shape index (κ1) is 19.4. The zero-order chi connectivity index (χ0) is 21.9. The van der Waals surface area contributed by atoms with E-state index < -0.39 is 5.92 Å². The molecule has 1 atom stereocenters. The van der Waals surface area contributed by atoms with Crippen molar-refractivity contribution in [1.29, 1.82) is 0 Å². The standard InChI is InChI=1S/C23H20N4O3S/c1-12-8-13(2)10-15(9-12)26-19(28)11-16(21(26)29)20-14(3)25-27(22(20)30)23-24-17-6-4-5-7-18(17)31-23/h4-10,16,25H,11H2,1-3H3/t16-/m1/s1. The first-order valence-electron chi connectivity index (χ1n) is 9.96. The number of carbonyl (C=O) groups is 2. The third-order valence-corrected chi connectivity index (χ3v) is 6.57. The lowest BCUT2D eigenvalue weighted by atomic mass is 9.98. The van der Waals surface area contributed by atoms with E-state index in [1.165, 1.54) is 20.9 Å². The zero-order valence-corrected chi connectivity index (χ0v) is 18.1. The van der Waals surface area contributed by atoms with Crippen molar-refractivity contribution >= 4 is 39.1 Å². The molecule has 0 radical (unpaired) electrons. The van der Waals surface area contributed by atoms with Crippen molar-refractivity contribution in [2.45, 2.75) is 33.1 Å². The highest BCUT2D eigenvalue weighted by Gasteiger charge is 2.43. The Hall–Kier alpha value is -3.52. The lowest BCUT2D eigenvalue weighted by Crippen LogP contribution is -2.31. The number of nitrogens with one attached hydrogen (secondary N) is 1. The monoisotopic (exact) mass is 432 g/mol. The van der Waals surface area contributed by atoms with Gasteiger partial charge in [-0.2, -0.15) is 4.68 Å². The number of rotatable bonds is 3. The van der Waals surface area contributed by atoms with Gasteiger partial charge in [-0.05, 0) is 56.2 Å². The molecule has 156 valence electrons. The van der Waals surface area contributed by atoms with Gasteiger partial charge in [-0.3, -0.25) is 19.5 Å². The summed E-state index contributed by atoms with van der Waals surface area (Å²) >= 11 is 1.39. The maximum absolute atomic E-state index is 13.3. The smallest absolute Gasteiger partial charge is 0.277 e. The molecule has 1 N–H and O–H groups in total. The predicted molar refractivity (Wildman–Crippen MR) is 120 cm³/mol. The van der Waals surface area contributed by atoms with Crippen molar-refractivity contribution in [3.05, 3.63) is 75.2 Å². The molecule has 0 aliphatic carbocycles. The minimum absolute atomic E-state index is 0.0282. The summed E-state index contributed by atoms with van der Waals surface area (Å²) in [4.78, 5) is 45.1. The van der Waals surface area contributed by atoms with Crippen LogP contribution < -0.4 is 10.5 Å². The summed E-state index contributed by atoms with van der Waals surface area (Å²) in [5, 5.41) is 3.55. The van der Waals surface area contributed by atoms with Gasteiger partial charge in [-0.15, -0.1) is 0 Å². The van der Waals surface area contributed by atoms with Crippen LogP contribution in [0, 0.1) is 20.8 Å². The summed E-state index contributed by atoms with van der Waals surface area (Å²) in [7, 11) is 0. The van der Waals surface area contributed by atoms with Crippen molar-refractivity contribution in [2.24, 2.45) is 0 Å². The highest BCUT2D eigenvalue weighted by Crippen LogP contribution is 2.34. The summed E-state index contributed by atoms with van der Waals surface area (Å²) in [5.74, 6) is -1.48. The molecule has 1 aliphatic heterocycles. The van der Waals surface area contributed by atoms with Crippen LogP contribution in [-0.4, -0.2) is 26.6 Å². The van der Waals surface area contributed by atoms with E-state index >= 15 is 0 Å². The van der Waals surface area contributed by atoms with Crippen LogP contribution in [-0.2, 0) is 9.59 Å². The fourth-order valence-corrected chi connectivity index (χ4v) is 5.19. The summed E-state index contributed by atoms with van der Waals surface area (Å²) in [6.45, 7) is 5.59. The molecule has 1 fully saturated rings. The average Bonchev–Trinajstić information content (AvgIpc) is 3.34. The summed E-state index contributed by atoms with van der Waals surface area (Å²) < 4.78 is 2.33. The number of aromatic amines is 1. The van der Waals surface area contributed by atoms with E-state index in [9.17, 15) is 14.4 Å². The molecule has 0 saturated carbocycles. The number of amides is 2. The van der Waals surface area contributed by atoms with Crippen LogP contribution in [0.2, 0.25) is 0 Å². The van der Waals surface area contributed by atoms with Gasteiger partial charge in [0.15, 0.2) is 0 Å². The number of hydrogen-bond donors (Lipinski definition) is 1. The van der Waals surface area contributed by atoms with Gasteiger partial charge in [0.05, 0.1) is 27.4 Å². The number of thiazole rings is 1. The summed E-state index contributed by atoms with van der Waals surface area (Å²) in [5.41, 5.74) is 3.84. The number of fused-ring (bicyclic) bond motifs is 1. The van der Waals surface area contributed by atoms with Crippen LogP contribution in [0.5, 0.6) is 0 Å². The maximum Gasteiger partial charge on any atom is 0.277 e. The van der Waals surface area contributed by atoms with E-state index in [1.807, 2.05) is 56.3 Å². The molecule has 0 unspecified atom stereocenters. The molecule has 2 amide bonds. The van der Waals surface area contributed by atoms with Gasteiger partial charge < -0.3 is 0 Å². The van der Waals surface area contributed by atoms with Gasteiger partial charge in [-0.25, -0.2) is 9.88 Å². The highest BCUT2D eigenvalue weighted by atomic mass is 32.1. The van der Waals surface area contributed by atoms with E-state index in [1.54, 1.807) is 6.92 Å². The van der Waals surface area contributed by atoms with Gasteiger partial charge in [0.2, 0.25) is 16.9 Å². The molecule has 3 heterocycles. The maximum atomic E-state index is 13.3. The van der Waals surface area contributed by atoms with E-state index in [0.717, 1.165) is 21.3 Å². The number of anilines is 1. The van der Waals surface area contributed by atoms with Crippen LogP contribution in [0.4, 0.5) is 5.69 Å². The highest BCUT2D eigenvalue weighted by molar-refractivity contribution is 7.20. The van der Waals surface area contributed by atoms with Gasteiger partial charge in [0, 0.05) is 12.1 Å². The first-order valence-corrected chi connectivity index (χ1v) is 10.8. The van der Waals surface area contributed by atoms with E-state index in [-0.39, 0.29) is 23.8 Å². The Kier molecular flexibility index (Phi) is 4.40. The van der Waals surface area contributed by atoms with E-state index in [2.05, 4.69) is 10.1 Å². The van der Waals surface area contributed by atoms with Crippen molar-refractivity contribution in [3.63, 3.8) is 0 Å². The molecular weight excluding hydrogens is 412 g/mol. The second-order valence-corrected chi connectivity index (χ2v) is 8.93. The van der Waals surface area contributed by atoms with Crippen LogP contribution in [0.15, 0.2) is 47.3 Å². The third-order valence-electron chi connectivity index (χ3n) is 5.55. The number of aryl methyl sites for hydroxylation is 3. The number of hydrogen-bond acceptors (Lipinski definition) is 5. The molecule has 1 aliphatic rings. The van der Waals surface area contributed by atoms with Crippen LogP contribution in [0.1, 0.15) is 34.7 Å². The largest absolute Gasteiger partial charge is 0.293 e. The van der Waals surface area contributed by atoms with Gasteiger partial charge in [0.25, 0.3) is 5.56 Å². The first-order chi connectivity index (χ1) is 14.8. The SMILES string of the molecule is Cc1cc(C)cc(N2C(=O)C[C@H](c3c(C)[nH]n(-c4nc5ccccc5s4)c3=O)C2=O)c1. The Balaban J connectivity index is 1.56. The second-order valence-electron chi connectivity index (χ2n) is 7.93. The lowest BCUT2D eigenvalue weighted by Gasteiger charge is -2.16. The number of benzene rings is 2. The second kappa shape index (κ2) is 7.02. The lowest BCUT2D eigenvalue weighted by molar-refractivity contribution is -0.121. The van der Waals surface area contributed by atoms with Crippen molar-refractivity contribution in [2.75, 3.05) is 4.90 Å². The fraction of sp³-hybridized carbons (Fsp3) is 0.217. The van der Waals surface area contributed by atoms with E-state index in [0.29, 0.717) is 22.1 Å². The minimum Gasteiger partial charge on any atom is -0.293 e. The Labute approximate surface area is 181 Å². The molecule has 0 spiro atoms. The van der Waals surface area contributed by atoms with Crippen molar-refractivity contribution in [3.8, 4) is 5.13 Å². The third kappa shape index (κ3) is 3.11. The quantitative estimate of drug-likeness (QED) is 0.500. The number of imide groups is 1. The number of carbonyl (C=O) groups excluding carboxylic acids is 2. The van der Waals surface area contributed by atoms with Crippen molar-refractivity contribution in [1.82, 2.24) is 14.8 Å². The molecule has 8 heteroatoms. The van der Waals surface area contributed by atoms with Gasteiger partial charge >= 0.3 is 0 Å². The van der Waals surface area contributed by atoms with E-state index in [4.69, 9.17) is 0 Å².